The SMILES string of the molecule is c1cc(C2CC2)ncn1. The Hall–Kier alpha value is -0.920. The van der Waals surface area contributed by atoms with E-state index in [1.807, 2.05) is 6.07 Å². The van der Waals surface area contributed by atoms with Gasteiger partial charge in [-0.2, -0.15) is 0 Å². The van der Waals surface area contributed by atoms with Crippen LogP contribution in [0.1, 0.15) is 24.5 Å². The highest BCUT2D eigenvalue weighted by molar-refractivity contribution is 5.11. The molecule has 1 aliphatic carbocycles. The zero-order valence-electron chi connectivity index (χ0n) is 5.12. The fraction of sp³-hybridized carbons (Fsp3) is 0.429. The Balaban J connectivity index is 2.29. The third-order valence-corrected chi connectivity index (χ3v) is 1.60. The van der Waals surface area contributed by atoms with Crippen molar-refractivity contribution in [3.63, 3.8) is 0 Å². The highest BCUT2D eigenvalue weighted by Crippen LogP contribution is 2.38. The van der Waals surface area contributed by atoms with Gasteiger partial charge in [0, 0.05) is 17.8 Å². The summed E-state index contributed by atoms with van der Waals surface area (Å²) in [5, 5.41) is 0. The van der Waals surface area contributed by atoms with Gasteiger partial charge in [-0.3, -0.25) is 0 Å². The Morgan fingerprint density at radius 1 is 1.44 bits per heavy atom. The summed E-state index contributed by atoms with van der Waals surface area (Å²) in [5.74, 6) is 0.757. The van der Waals surface area contributed by atoms with Crippen LogP contribution < -0.4 is 0 Å². The minimum Gasteiger partial charge on any atom is -0.245 e. The van der Waals surface area contributed by atoms with Gasteiger partial charge in [0.05, 0.1) is 0 Å². The van der Waals surface area contributed by atoms with E-state index in [0.29, 0.717) is 0 Å². The fourth-order valence-electron chi connectivity index (χ4n) is 0.922. The lowest BCUT2D eigenvalue weighted by molar-refractivity contribution is 0.987. The standard InChI is InChI=1S/C7H8N2/c1-2-6(1)7-3-4-8-5-9-7/h3-6H,1-2H2. The van der Waals surface area contributed by atoms with Crippen LogP contribution in [0.3, 0.4) is 0 Å². The Morgan fingerprint density at radius 3 is 2.89 bits per heavy atom. The van der Waals surface area contributed by atoms with Gasteiger partial charge in [0.2, 0.25) is 0 Å². The molecule has 0 saturated heterocycles. The van der Waals surface area contributed by atoms with Crippen LogP contribution in [0.15, 0.2) is 18.6 Å². The molecule has 0 spiro atoms. The lowest BCUT2D eigenvalue weighted by Gasteiger charge is -1.90. The summed E-state index contributed by atoms with van der Waals surface area (Å²) >= 11 is 0. The molecule has 1 saturated carbocycles. The maximum absolute atomic E-state index is 4.13. The van der Waals surface area contributed by atoms with Gasteiger partial charge >= 0.3 is 0 Å². The third kappa shape index (κ3) is 0.922. The average molecular weight is 120 g/mol. The molecule has 1 heterocycles. The van der Waals surface area contributed by atoms with Crippen LogP contribution >= 0.6 is 0 Å². The van der Waals surface area contributed by atoms with E-state index in [2.05, 4.69) is 9.97 Å². The monoisotopic (exact) mass is 120 g/mol. The summed E-state index contributed by atoms with van der Waals surface area (Å²) in [6.07, 6.45) is 6.06. The van der Waals surface area contributed by atoms with Gasteiger partial charge < -0.3 is 0 Å². The van der Waals surface area contributed by atoms with E-state index in [1.165, 1.54) is 18.5 Å². The van der Waals surface area contributed by atoms with Crippen LogP contribution in [0.4, 0.5) is 0 Å². The summed E-state index contributed by atoms with van der Waals surface area (Å²) in [4.78, 5) is 7.97. The number of aromatic nitrogens is 2. The molecule has 1 aliphatic rings. The molecule has 0 amide bonds. The topological polar surface area (TPSA) is 25.8 Å². The summed E-state index contributed by atoms with van der Waals surface area (Å²) in [6.45, 7) is 0. The molecule has 2 rings (SSSR count). The number of rotatable bonds is 1. The molecule has 0 unspecified atom stereocenters. The first-order valence-corrected chi connectivity index (χ1v) is 3.23. The van der Waals surface area contributed by atoms with E-state index in [1.54, 1.807) is 12.5 Å². The number of hydrogen-bond donors (Lipinski definition) is 0. The first kappa shape index (κ1) is 4.91. The lowest BCUT2D eigenvalue weighted by Crippen LogP contribution is -1.84. The molecule has 0 bridgehead atoms. The summed E-state index contributed by atoms with van der Waals surface area (Å²) in [5.41, 5.74) is 1.21. The highest BCUT2D eigenvalue weighted by Gasteiger charge is 2.24. The molecule has 0 N–H and O–H groups in total. The quantitative estimate of drug-likeness (QED) is 0.559. The molecule has 0 radical (unpaired) electrons. The smallest absolute Gasteiger partial charge is 0.115 e. The van der Waals surface area contributed by atoms with Crippen molar-refractivity contribution >= 4 is 0 Å². The van der Waals surface area contributed by atoms with Gasteiger partial charge in [0.25, 0.3) is 0 Å². The minimum atomic E-state index is 0.757. The van der Waals surface area contributed by atoms with Crippen molar-refractivity contribution in [1.29, 1.82) is 0 Å². The van der Waals surface area contributed by atoms with Crippen LogP contribution in [0, 0.1) is 0 Å². The molecule has 0 atom stereocenters. The number of hydrogen-bond acceptors (Lipinski definition) is 2. The molecule has 0 aromatic carbocycles. The predicted molar refractivity (Wildman–Crippen MR) is 34.0 cm³/mol. The summed E-state index contributed by atoms with van der Waals surface area (Å²) < 4.78 is 0. The van der Waals surface area contributed by atoms with Gasteiger partial charge in [0.15, 0.2) is 0 Å². The first-order chi connectivity index (χ1) is 4.47. The van der Waals surface area contributed by atoms with Gasteiger partial charge in [-0.1, -0.05) is 0 Å². The Labute approximate surface area is 54.0 Å². The van der Waals surface area contributed by atoms with E-state index in [0.717, 1.165) is 5.92 Å². The van der Waals surface area contributed by atoms with Crippen LogP contribution in [-0.4, -0.2) is 9.97 Å². The van der Waals surface area contributed by atoms with Gasteiger partial charge in [-0.05, 0) is 18.9 Å². The average Bonchev–Trinajstić information content (AvgIpc) is 2.71. The molecular formula is C7H8N2. The molecule has 1 fully saturated rings. The van der Waals surface area contributed by atoms with Crippen LogP contribution in [0.25, 0.3) is 0 Å². The van der Waals surface area contributed by atoms with Crippen molar-refractivity contribution in [3.05, 3.63) is 24.3 Å². The Kier molecular flexibility index (Phi) is 0.979. The Morgan fingerprint density at radius 2 is 2.33 bits per heavy atom. The van der Waals surface area contributed by atoms with Crippen molar-refractivity contribution in [2.75, 3.05) is 0 Å². The van der Waals surface area contributed by atoms with E-state index in [4.69, 9.17) is 0 Å². The van der Waals surface area contributed by atoms with Gasteiger partial charge in [-0.15, -0.1) is 0 Å². The van der Waals surface area contributed by atoms with Crippen molar-refractivity contribution in [1.82, 2.24) is 9.97 Å². The second-order valence-corrected chi connectivity index (χ2v) is 2.41. The zero-order valence-corrected chi connectivity index (χ0v) is 5.12. The maximum Gasteiger partial charge on any atom is 0.115 e. The molecule has 2 nitrogen and oxygen atoms in total. The molecule has 9 heavy (non-hydrogen) atoms. The van der Waals surface area contributed by atoms with Crippen molar-refractivity contribution in [2.45, 2.75) is 18.8 Å². The molecule has 1 aromatic rings. The van der Waals surface area contributed by atoms with E-state index in [-0.39, 0.29) is 0 Å². The van der Waals surface area contributed by atoms with E-state index < -0.39 is 0 Å². The van der Waals surface area contributed by atoms with Crippen molar-refractivity contribution < 1.29 is 0 Å². The van der Waals surface area contributed by atoms with E-state index >= 15 is 0 Å². The van der Waals surface area contributed by atoms with Gasteiger partial charge in [0.1, 0.15) is 6.33 Å². The molecule has 1 aromatic heterocycles. The first-order valence-electron chi connectivity index (χ1n) is 3.23. The fourth-order valence-corrected chi connectivity index (χ4v) is 0.922. The normalized spacial score (nSPS) is 17.8. The van der Waals surface area contributed by atoms with Crippen molar-refractivity contribution in [2.24, 2.45) is 0 Å². The van der Waals surface area contributed by atoms with E-state index in [9.17, 15) is 0 Å². The Bertz CT molecular complexity index is 191. The predicted octanol–water partition coefficient (Wildman–Crippen LogP) is 1.35. The maximum atomic E-state index is 4.13. The molecule has 2 heteroatoms. The van der Waals surface area contributed by atoms with Crippen LogP contribution in [-0.2, 0) is 0 Å². The molecular weight excluding hydrogens is 112 g/mol. The summed E-state index contributed by atoms with van der Waals surface area (Å²) in [6, 6.07) is 2.00. The number of nitrogens with zero attached hydrogens (tertiary/aromatic N) is 2. The van der Waals surface area contributed by atoms with Gasteiger partial charge in [-0.25, -0.2) is 9.97 Å². The summed E-state index contributed by atoms with van der Waals surface area (Å²) in [7, 11) is 0. The van der Waals surface area contributed by atoms with Crippen LogP contribution in [0.5, 0.6) is 0 Å². The zero-order chi connectivity index (χ0) is 6.10. The van der Waals surface area contributed by atoms with Crippen molar-refractivity contribution in [3.8, 4) is 0 Å². The highest BCUT2D eigenvalue weighted by atomic mass is 14.8. The molecule has 0 aliphatic heterocycles. The third-order valence-electron chi connectivity index (χ3n) is 1.60. The van der Waals surface area contributed by atoms with Crippen LogP contribution in [0.2, 0.25) is 0 Å². The lowest BCUT2D eigenvalue weighted by atomic mass is 10.3. The second kappa shape index (κ2) is 1.79. The largest absolute Gasteiger partial charge is 0.245 e. The second-order valence-electron chi connectivity index (χ2n) is 2.41. The molecule has 46 valence electrons. The minimum absolute atomic E-state index is 0.757.